The molecule has 0 saturated heterocycles. The van der Waals surface area contributed by atoms with E-state index < -0.39 is 0 Å². The molecular formula is C9H11BrClNOS. The number of rotatable bonds is 5. The summed E-state index contributed by atoms with van der Waals surface area (Å²) in [6.45, 7) is 0.662. The number of amides is 1. The first-order chi connectivity index (χ1) is 6.72. The molecule has 0 aliphatic heterocycles. The molecule has 1 aromatic rings. The van der Waals surface area contributed by atoms with Gasteiger partial charge in [0.25, 0.3) is 0 Å². The summed E-state index contributed by atoms with van der Waals surface area (Å²) in [5.74, 6) is 0.648. The van der Waals surface area contributed by atoms with Crippen LogP contribution in [0, 0.1) is 0 Å². The molecule has 0 saturated carbocycles. The van der Waals surface area contributed by atoms with Crippen molar-refractivity contribution in [2.75, 3.05) is 12.4 Å². The van der Waals surface area contributed by atoms with E-state index >= 15 is 0 Å². The van der Waals surface area contributed by atoms with Crippen LogP contribution in [0.5, 0.6) is 0 Å². The van der Waals surface area contributed by atoms with Crippen LogP contribution in [0.2, 0.25) is 0 Å². The molecule has 0 unspecified atom stereocenters. The average Bonchev–Trinajstić information content (AvgIpc) is 2.52. The molecule has 0 radical (unpaired) electrons. The summed E-state index contributed by atoms with van der Waals surface area (Å²) in [4.78, 5) is 12.4. The van der Waals surface area contributed by atoms with E-state index in [9.17, 15) is 4.79 Å². The highest BCUT2D eigenvalue weighted by molar-refractivity contribution is 9.11. The van der Waals surface area contributed by atoms with Gasteiger partial charge in [0.1, 0.15) is 0 Å². The topological polar surface area (TPSA) is 29.1 Å². The molecule has 0 atom stereocenters. The van der Waals surface area contributed by atoms with Gasteiger partial charge in [0.2, 0.25) is 5.91 Å². The molecule has 1 N–H and O–H groups in total. The maximum Gasteiger partial charge on any atom is 0.225 e. The largest absolute Gasteiger partial charge is 0.356 e. The van der Waals surface area contributed by atoms with Gasteiger partial charge in [-0.1, -0.05) is 0 Å². The Morgan fingerprint density at radius 1 is 1.57 bits per heavy atom. The van der Waals surface area contributed by atoms with Gasteiger partial charge in [-0.2, -0.15) is 0 Å². The van der Waals surface area contributed by atoms with Crippen LogP contribution in [0.3, 0.4) is 0 Å². The molecule has 0 spiro atoms. The fraction of sp³-hybridized carbons (Fsp3) is 0.444. The van der Waals surface area contributed by atoms with Crippen molar-refractivity contribution in [2.24, 2.45) is 0 Å². The first-order valence-electron chi connectivity index (χ1n) is 4.29. The third kappa shape index (κ3) is 4.44. The fourth-order valence-electron chi connectivity index (χ4n) is 0.962. The van der Waals surface area contributed by atoms with Gasteiger partial charge in [-0.3, -0.25) is 4.79 Å². The zero-order valence-electron chi connectivity index (χ0n) is 7.56. The molecule has 1 rings (SSSR count). The second kappa shape index (κ2) is 6.43. The molecule has 0 fully saturated rings. The molecule has 5 heteroatoms. The third-order valence-electron chi connectivity index (χ3n) is 1.60. The van der Waals surface area contributed by atoms with Gasteiger partial charge >= 0.3 is 0 Å². The van der Waals surface area contributed by atoms with Crippen LogP contribution in [0.15, 0.2) is 15.9 Å². The maximum atomic E-state index is 11.3. The SMILES string of the molecule is O=C(Cc1ccc(Br)s1)NCCCCl. The molecule has 0 aromatic carbocycles. The van der Waals surface area contributed by atoms with Crippen molar-refractivity contribution in [3.8, 4) is 0 Å². The zero-order chi connectivity index (χ0) is 10.4. The Kier molecular flexibility index (Phi) is 5.52. The van der Waals surface area contributed by atoms with Crippen LogP contribution < -0.4 is 5.32 Å². The van der Waals surface area contributed by atoms with Crippen molar-refractivity contribution in [1.29, 1.82) is 0 Å². The lowest BCUT2D eigenvalue weighted by molar-refractivity contribution is -0.120. The standard InChI is InChI=1S/C9H11BrClNOS/c10-8-3-2-7(14-8)6-9(13)12-5-1-4-11/h2-3H,1,4-6H2,(H,12,13). The molecule has 14 heavy (non-hydrogen) atoms. The van der Waals surface area contributed by atoms with Crippen molar-refractivity contribution >= 4 is 44.8 Å². The minimum absolute atomic E-state index is 0.0597. The zero-order valence-corrected chi connectivity index (χ0v) is 10.7. The Morgan fingerprint density at radius 3 is 2.93 bits per heavy atom. The van der Waals surface area contributed by atoms with E-state index in [2.05, 4.69) is 21.2 Å². The van der Waals surface area contributed by atoms with E-state index in [0.29, 0.717) is 18.8 Å². The summed E-state index contributed by atoms with van der Waals surface area (Å²) in [6.07, 6.45) is 1.28. The minimum Gasteiger partial charge on any atom is -0.356 e. The van der Waals surface area contributed by atoms with E-state index in [4.69, 9.17) is 11.6 Å². The van der Waals surface area contributed by atoms with Crippen molar-refractivity contribution in [3.63, 3.8) is 0 Å². The molecule has 2 nitrogen and oxygen atoms in total. The molecule has 0 aliphatic carbocycles. The van der Waals surface area contributed by atoms with Gasteiger partial charge in [-0.25, -0.2) is 0 Å². The van der Waals surface area contributed by atoms with Gasteiger partial charge in [0.05, 0.1) is 10.2 Å². The Balaban J connectivity index is 2.27. The number of carbonyl (C=O) groups excluding carboxylic acids is 1. The molecule has 78 valence electrons. The molecule has 0 bridgehead atoms. The Bertz CT molecular complexity index is 303. The maximum absolute atomic E-state index is 11.3. The molecule has 1 heterocycles. The number of alkyl halides is 1. The summed E-state index contributed by atoms with van der Waals surface area (Å²) in [5, 5.41) is 2.81. The summed E-state index contributed by atoms with van der Waals surface area (Å²) < 4.78 is 1.06. The van der Waals surface area contributed by atoms with E-state index in [-0.39, 0.29) is 5.91 Å². The third-order valence-corrected chi connectivity index (χ3v) is 3.49. The van der Waals surface area contributed by atoms with E-state index in [1.54, 1.807) is 11.3 Å². The lowest BCUT2D eigenvalue weighted by atomic mass is 10.3. The number of hydrogen-bond donors (Lipinski definition) is 1. The molecule has 1 amide bonds. The van der Waals surface area contributed by atoms with E-state index in [1.165, 1.54) is 0 Å². The summed E-state index contributed by atoms with van der Waals surface area (Å²) in [5.41, 5.74) is 0. The monoisotopic (exact) mass is 295 g/mol. The molecular weight excluding hydrogens is 286 g/mol. The second-order valence-corrected chi connectivity index (χ2v) is 5.70. The highest BCUT2D eigenvalue weighted by atomic mass is 79.9. The van der Waals surface area contributed by atoms with Crippen LogP contribution in [-0.2, 0) is 11.2 Å². The first kappa shape index (κ1) is 12.0. The highest BCUT2D eigenvalue weighted by Crippen LogP contribution is 2.22. The van der Waals surface area contributed by atoms with Gasteiger partial charge in [-0.15, -0.1) is 22.9 Å². The quantitative estimate of drug-likeness (QED) is 0.657. The smallest absolute Gasteiger partial charge is 0.225 e. The lowest BCUT2D eigenvalue weighted by Gasteiger charge is -2.01. The van der Waals surface area contributed by atoms with E-state index in [0.717, 1.165) is 15.1 Å². The number of halogens is 2. The number of carbonyl (C=O) groups is 1. The van der Waals surface area contributed by atoms with E-state index in [1.807, 2.05) is 12.1 Å². The summed E-state index contributed by atoms with van der Waals surface area (Å²) in [7, 11) is 0. The predicted molar refractivity (Wildman–Crippen MR) is 64.1 cm³/mol. The first-order valence-corrected chi connectivity index (χ1v) is 6.43. The van der Waals surface area contributed by atoms with Crippen molar-refractivity contribution < 1.29 is 4.79 Å². The Morgan fingerprint density at radius 2 is 2.36 bits per heavy atom. The normalized spacial score (nSPS) is 10.1. The van der Waals surface area contributed by atoms with Crippen LogP contribution in [-0.4, -0.2) is 18.3 Å². The number of nitrogens with one attached hydrogen (secondary N) is 1. The van der Waals surface area contributed by atoms with Crippen molar-refractivity contribution in [2.45, 2.75) is 12.8 Å². The van der Waals surface area contributed by atoms with Gasteiger partial charge in [0, 0.05) is 17.3 Å². The molecule has 1 aromatic heterocycles. The number of thiophene rings is 1. The lowest BCUT2D eigenvalue weighted by Crippen LogP contribution is -2.25. The Hall–Kier alpha value is -0.0600. The van der Waals surface area contributed by atoms with Crippen molar-refractivity contribution in [3.05, 3.63) is 20.8 Å². The van der Waals surface area contributed by atoms with Crippen LogP contribution >= 0.6 is 38.9 Å². The van der Waals surface area contributed by atoms with Crippen LogP contribution in [0.4, 0.5) is 0 Å². The second-order valence-electron chi connectivity index (χ2n) is 2.78. The summed E-state index contributed by atoms with van der Waals surface area (Å²) in [6, 6.07) is 3.90. The minimum atomic E-state index is 0.0597. The fourth-order valence-corrected chi connectivity index (χ4v) is 2.58. The van der Waals surface area contributed by atoms with Gasteiger partial charge in [0.15, 0.2) is 0 Å². The van der Waals surface area contributed by atoms with Gasteiger partial charge in [-0.05, 0) is 34.5 Å². The number of hydrogen-bond acceptors (Lipinski definition) is 2. The van der Waals surface area contributed by atoms with Gasteiger partial charge < -0.3 is 5.32 Å². The molecule has 0 aliphatic rings. The average molecular weight is 297 g/mol. The predicted octanol–water partition coefficient (Wildman–Crippen LogP) is 2.80. The van der Waals surface area contributed by atoms with Crippen molar-refractivity contribution in [1.82, 2.24) is 5.32 Å². The van der Waals surface area contributed by atoms with Crippen LogP contribution in [0.1, 0.15) is 11.3 Å². The van der Waals surface area contributed by atoms with Crippen LogP contribution in [0.25, 0.3) is 0 Å². The summed E-state index contributed by atoms with van der Waals surface area (Å²) >= 11 is 10.4. The Labute approximate surface area is 101 Å². The highest BCUT2D eigenvalue weighted by Gasteiger charge is 2.04.